The van der Waals surface area contributed by atoms with E-state index in [2.05, 4.69) is 36.6 Å². The molecule has 2 rings (SSSR count). The number of rotatable bonds is 7. The van der Waals surface area contributed by atoms with Crippen molar-refractivity contribution >= 4 is 11.6 Å². The molecule has 0 saturated carbocycles. The number of hydrogen-bond acceptors (Lipinski definition) is 2. The maximum atomic E-state index is 12.3. The highest BCUT2D eigenvalue weighted by Gasteiger charge is 2.12. The van der Waals surface area contributed by atoms with Crippen LogP contribution in [-0.2, 0) is 11.3 Å². The van der Waals surface area contributed by atoms with Crippen LogP contribution in [0.1, 0.15) is 37.3 Å². The van der Waals surface area contributed by atoms with Crippen molar-refractivity contribution in [2.24, 2.45) is 0 Å². The van der Waals surface area contributed by atoms with Gasteiger partial charge in [-0.15, -0.1) is 0 Å². The van der Waals surface area contributed by atoms with E-state index in [4.69, 9.17) is 0 Å². The van der Waals surface area contributed by atoms with Crippen molar-refractivity contribution in [1.82, 2.24) is 5.32 Å². The van der Waals surface area contributed by atoms with Crippen molar-refractivity contribution in [1.29, 1.82) is 0 Å². The zero-order chi connectivity index (χ0) is 15.8. The normalized spacial score (nSPS) is 11.9. The second-order valence-electron chi connectivity index (χ2n) is 5.50. The summed E-state index contributed by atoms with van der Waals surface area (Å²) in [6, 6.07) is 18.1. The van der Waals surface area contributed by atoms with E-state index in [-0.39, 0.29) is 11.8 Å². The zero-order valence-electron chi connectivity index (χ0n) is 13.3. The average Bonchev–Trinajstić information content (AvgIpc) is 2.54. The van der Waals surface area contributed by atoms with Crippen LogP contribution in [0.2, 0.25) is 0 Å². The van der Waals surface area contributed by atoms with Crippen molar-refractivity contribution in [3.05, 3.63) is 65.7 Å². The van der Waals surface area contributed by atoms with E-state index in [1.54, 1.807) is 0 Å². The molecule has 0 radical (unpaired) electrons. The highest BCUT2D eigenvalue weighted by Crippen LogP contribution is 2.20. The molecular formula is C19H24N2O. The molecule has 0 spiro atoms. The molecular weight excluding hydrogens is 272 g/mol. The number of hydrogen-bond donors (Lipinski definition) is 2. The van der Waals surface area contributed by atoms with Crippen LogP contribution >= 0.6 is 0 Å². The predicted octanol–water partition coefficient (Wildman–Crippen LogP) is 3.93. The van der Waals surface area contributed by atoms with Crippen LogP contribution in [0.4, 0.5) is 5.69 Å². The minimum Gasteiger partial charge on any atom is -0.326 e. The van der Waals surface area contributed by atoms with E-state index < -0.39 is 0 Å². The summed E-state index contributed by atoms with van der Waals surface area (Å²) < 4.78 is 0. The van der Waals surface area contributed by atoms with Crippen LogP contribution in [0.25, 0.3) is 0 Å². The van der Waals surface area contributed by atoms with Crippen molar-refractivity contribution in [3.8, 4) is 0 Å². The van der Waals surface area contributed by atoms with Gasteiger partial charge in [0.25, 0.3) is 0 Å². The van der Waals surface area contributed by atoms with Crippen LogP contribution in [0.3, 0.4) is 0 Å². The first kappa shape index (κ1) is 16.2. The minimum absolute atomic E-state index is 0.0558. The van der Waals surface area contributed by atoms with Crippen LogP contribution in [0, 0.1) is 0 Å². The third-order valence-electron chi connectivity index (χ3n) is 3.72. The molecule has 0 bridgehead atoms. The Labute approximate surface area is 132 Å². The average molecular weight is 296 g/mol. The highest BCUT2D eigenvalue weighted by atomic mass is 16.1. The van der Waals surface area contributed by atoms with Crippen LogP contribution in [0.15, 0.2) is 54.6 Å². The molecule has 0 saturated heterocycles. The van der Waals surface area contributed by atoms with Gasteiger partial charge in [0, 0.05) is 18.7 Å². The molecule has 0 unspecified atom stereocenters. The van der Waals surface area contributed by atoms with Gasteiger partial charge in [0.15, 0.2) is 0 Å². The topological polar surface area (TPSA) is 41.1 Å². The molecule has 0 fully saturated rings. The summed E-state index contributed by atoms with van der Waals surface area (Å²) in [4.78, 5) is 12.3. The summed E-state index contributed by atoms with van der Waals surface area (Å²) in [5, 5.41) is 6.33. The maximum absolute atomic E-state index is 12.3. The van der Waals surface area contributed by atoms with Gasteiger partial charge in [-0.1, -0.05) is 62.4 Å². The van der Waals surface area contributed by atoms with E-state index in [0.29, 0.717) is 6.42 Å². The molecule has 0 heterocycles. The molecule has 0 aliphatic heterocycles. The Morgan fingerprint density at radius 3 is 2.45 bits per heavy atom. The third-order valence-corrected chi connectivity index (χ3v) is 3.72. The van der Waals surface area contributed by atoms with Gasteiger partial charge in [0.05, 0.1) is 0 Å². The Morgan fingerprint density at radius 2 is 1.73 bits per heavy atom. The molecule has 22 heavy (non-hydrogen) atoms. The van der Waals surface area contributed by atoms with Crippen molar-refractivity contribution in [3.63, 3.8) is 0 Å². The summed E-state index contributed by atoms with van der Waals surface area (Å²) in [5.41, 5.74) is 3.21. The first-order chi connectivity index (χ1) is 10.7. The summed E-state index contributed by atoms with van der Waals surface area (Å²) in [7, 11) is 0. The van der Waals surface area contributed by atoms with Gasteiger partial charge in [0.2, 0.25) is 5.91 Å². The lowest BCUT2D eigenvalue weighted by molar-refractivity contribution is -0.116. The van der Waals surface area contributed by atoms with E-state index in [1.807, 2.05) is 42.5 Å². The van der Waals surface area contributed by atoms with Crippen LogP contribution in [0.5, 0.6) is 0 Å². The monoisotopic (exact) mass is 296 g/mol. The lowest BCUT2D eigenvalue weighted by Crippen LogP contribution is -2.18. The highest BCUT2D eigenvalue weighted by molar-refractivity contribution is 5.92. The largest absolute Gasteiger partial charge is 0.326 e. The Morgan fingerprint density at radius 1 is 1.05 bits per heavy atom. The smallest absolute Gasteiger partial charge is 0.224 e. The summed E-state index contributed by atoms with van der Waals surface area (Å²) in [5.74, 6) is 0.266. The summed E-state index contributed by atoms with van der Waals surface area (Å²) >= 11 is 0. The Balaban J connectivity index is 1.97. The van der Waals surface area contributed by atoms with Gasteiger partial charge >= 0.3 is 0 Å². The molecule has 2 N–H and O–H groups in total. The maximum Gasteiger partial charge on any atom is 0.224 e. The number of nitrogens with one attached hydrogen (secondary N) is 2. The van der Waals surface area contributed by atoms with E-state index >= 15 is 0 Å². The SMILES string of the molecule is CCNCc1ccccc1NC(=O)C[C@@H](C)c1ccccc1. The van der Waals surface area contributed by atoms with Crippen molar-refractivity contribution in [2.75, 3.05) is 11.9 Å². The van der Waals surface area contributed by atoms with Gasteiger partial charge in [-0.25, -0.2) is 0 Å². The number of benzene rings is 2. The fourth-order valence-electron chi connectivity index (χ4n) is 2.43. The Bertz CT molecular complexity index is 595. The number of anilines is 1. The fraction of sp³-hybridized carbons (Fsp3) is 0.316. The van der Waals surface area contributed by atoms with Gasteiger partial charge < -0.3 is 10.6 Å². The van der Waals surface area contributed by atoms with Crippen molar-refractivity contribution in [2.45, 2.75) is 32.7 Å². The standard InChI is InChI=1S/C19H24N2O/c1-3-20-14-17-11-7-8-12-18(17)21-19(22)13-15(2)16-9-5-4-6-10-16/h4-12,15,20H,3,13-14H2,1-2H3,(H,21,22)/t15-/m1/s1. The van der Waals surface area contributed by atoms with Crippen molar-refractivity contribution < 1.29 is 4.79 Å². The summed E-state index contributed by atoms with van der Waals surface area (Å²) in [6.07, 6.45) is 0.486. The van der Waals surface area contributed by atoms with Gasteiger partial charge in [-0.2, -0.15) is 0 Å². The third kappa shape index (κ3) is 4.71. The molecule has 0 aliphatic carbocycles. The van der Waals surface area contributed by atoms with E-state index in [1.165, 1.54) is 5.56 Å². The number of carbonyl (C=O) groups excluding carboxylic acids is 1. The Hall–Kier alpha value is -2.13. The van der Waals surface area contributed by atoms with Gasteiger partial charge in [0.1, 0.15) is 0 Å². The molecule has 2 aromatic carbocycles. The molecule has 1 atom stereocenters. The fourth-order valence-corrected chi connectivity index (χ4v) is 2.43. The zero-order valence-corrected chi connectivity index (χ0v) is 13.3. The van der Waals surface area contributed by atoms with Gasteiger partial charge in [-0.3, -0.25) is 4.79 Å². The molecule has 1 amide bonds. The lowest BCUT2D eigenvalue weighted by Gasteiger charge is -2.14. The van der Waals surface area contributed by atoms with Gasteiger partial charge in [-0.05, 0) is 29.7 Å². The van der Waals surface area contributed by atoms with Crippen LogP contribution < -0.4 is 10.6 Å². The molecule has 0 aliphatic rings. The number of carbonyl (C=O) groups is 1. The number of para-hydroxylation sites is 1. The Kier molecular flexibility index (Phi) is 6.16. The second-order valence-corrected chi connectivity index (χ2v) is 5.50. The molecule has 3 nitrogen and oxygen atoms in total. The quantitative estimate of drug-likeness (QED) is 0.813. The lowest BCUT2D eigenvalue weighted by atomic mass is 9.97. The first-order valence-electron chi connectivity index (χ1n) is 7.84. The molecule has 3 heteroatoms. The summed E-state index contributed by atoms with van der Waals surface area (Å²) in [6.45, 7) is 5.83. The number of amides is 1. The minimum atomic E-state index is 0.0558. The van der Waals surface area contributed by atoms with E-state index in [9.17, 15) is 4.79 Å². The molecule has 0 aromatic heterocycles. The second kappa shape index (κ2) is 8.35. The van der Waals surface area contributed by atoms with E-state index in [0.717, 1.165) is 24.3 Å². The molecule has 2 aromatic rings. The van der Waals surface area contributed by atoms with Crippen LogP contribution in [-0.4, -0.2) is 12.5 Å². The molecule has 116 valence electrons. The first-order valence-corrected chi connectivity index (χ1v) is 7.84. The predicted molar refractivity (Wildman–Crippen MR) is 91.9 cm³/mol.